The van der Waals surface area contributed by atoms with Crippen molar-refractivity contribution in [3.8, 4) is 5.75 Å². The first-order chi connectivity index (χ1) is 13.4. The first kappa shape index (κ1) is 20.1. The molecule has 2 amide bonds. The Labute approximate surface area is 163 Å². The third-order valence-electron chi connectivity index (χ3n) is 5.17. The molecular formula is C20H26N2O6. The number of amides is 2. The van der Waals surface area contributed by atoms with Gasteiger partial charge in [0.2, 0.25) is 5.91 Å². The normalized spacial score (nSPS) is 24.3. The molecule has 8 nitrogen and oxygen atoms in total. The van der Waals surface area contributed by atoms with E-state index in [1.54, 1.807) is 30.1 Å². The van der Waals surface area contributed by atoms with Gasteiger partial charge < -0.3 is 24.8 Å². The van der Waals surface area contributed by atoms with Crippen molar-refractivity contribution in [2.24, 2.45) is 0 Å². The van der Waals surface area contributed by atoms with Gasteiger partial charge in [-0.2, -0.15) is 0 Å². The maximum Gasteiger partial charge on any atom is 0.305 e. The summed E-state index contributed by atoms with van der Waals surface area (Å²) in [7, 11) is 1.72. The van der Waals surface area contributed by atoms with E-state index in [9.17, 15) is 14.4 Å². The van der Waals surface area contributed by atoms with Gasteiger partial charge in [-0.15, -0.1) is 0 Å². The van der Waals surface area contributed by atoms with Crippen LogP contribution in [-0.2, 0) is 14.3 Å². The molecule has 1 saturated heterocycles. The van der Waals surface area contributed by atoms with Crippen LogP contribution in [0.5, 0.6) is 5.75 Å². The number of likely N-dealkylation sites (N-methyl/N-ethyl adjacent to an activating group) is 1. The number of fused-ring (bicyclic) bond motifs is 2. The fourth-order valence-electron chi connectivity index (χ4n) is 3.75. The number of rotatable bonds is 5. The molecule has 0 radical (unpaired) electrons. The van der Waals surface area contributed by atoms with Crippen molar-refractivity contribution in [1.82, 2.24) is 4.90 Å². The maximum absolute atomic E-state index is 13.1. The molecule has 0 saturated carbocycles. The number of carboxylic acid groups (broad SMARTS) is 1. The van der Waals surface area contributed by atoms with Crippen molar-refractivity contribution < 1.29 is 29.0 Å². The van der Waals surface area contributed by atoms with Gasteiger partial charge in [-0.3, -0.25) is 14.4 Å². The van der Waals surface area contributed by atoms with Crippen molar-refractivity contribution in [3.05, 3.63) is 23.8 Å². The van der Waals surface area contributed by atoms with Crippen LogP contribution in [0.3, 0.4) is 0 Å². The van der Waals surface area contributed by atoms with Crippen LogP contribution in [0, 0.1) is 0 Å². The molecule has 0 bridgehead atoms. The van der Waals surface area contributed by atoms with Gasteiger partial charge in [0.1, 0.15) is 18.5 Å². The number of ether oxygens (including phenoxy) is 2. The van der Waals surface area contributed by atoms with Gasteiger partial charge in [0, 0.05) is 19.2 Å². The summed E-state index contributed by atoms with van der Waals surface area (Å²) in [6.07, 6.45) is 1.57. The Morgan fingerprint density at radius 2 is 2.11 bits per heavy atom. The van der Waals surface area contributed by atoms with Crippen LogP contribution in [0.4, 0.5) is 5.69 Å². The summed E-state index contributed by atoms with van der Waals surface area (Å²) in [5.74, 6) is -0.785. The molecule has 2 N–H and O–H groups in total. The van der Waals surface area contributed by atoms with E-state index < -0.39 is 5.97 Å². The molecule has 2 aliphatic heterocycles. The van der Waals surface area contributed by atoms with Gasteiger partial charge >= 0.3 is 5.97 Å². The van der Waals surface area contributed by atoms with Gasteiger partial charge in [-0.25, -0.2) is 0 Å². The number of nitrogens with zero attached hydrogens (tertiary/aromatic N) is 1. The molecule has 0 aromatic heterocycles. The van der Waals surface area contributed by atoms with Gasteiger partial charge in [0.15, 0.2) is 0 Å². The molecule has 0 aliphatic carbocycles. The summed E-state index contributed by atoms with van der Waals surface area (Å²) in [4.78, 5) is 37.5. The second-order valence-electron chi connectivity index (χ2n) is 7.28. The molecule has 152 valence electrons. The minimum absolute atomic E-state index is 0.0573. The van der Waals surface area contributed by atoms with Crippen molar-refractivity contribution in [2.45, 2.75) is 57.3 Å². The first-order valence-electron chi connectivity index (χ1n) is 9.60. The maximum atomic E-state index is 13.1. The predicted molar refractivity (Wildman–Crippen MR) is 102 cm³/mol. The highest BCUT2D eigenvalue weighted by Gasteiger charge is 2.39. The van der Waals surface area contributed by atoms with Crippen molar-refractivity contribution in [1.29, 1.82) is 0 Å². The number of aliphatic carboxylic acids is 1. The van der Waals surface area contributed by atoms with Crippen LogP contribution in [0.1, 0.15) is 49.4 Å². The number of hydrogen-bond acceptors (Lipinski definition) is 5. The standard InChI is InChI=1S/C20H26N2O6/c1-3-4-18(23)21-12-5-8-16-14(9-12)20(26)22(2)15-7-6-13(10-19(24)25)28-17(15)11-27-16/h5,8-9,13,15,17H,3-4,6-7,10-11H2,1-2H3,(H,21,23)(H,24,25)/t13-,15-,17-/m0/s1. The van der Waals surface area contributed by atoms with Crippen LogP contribution in [0.25, 0.3) is 0 Å². The molecule has 8 heteroatoms. The molecule has 0 unspecified atom stereocenters. The van der Waals surface area contributed by atoms with E-state index in [0.29, 0.717) is 36.3 Å². The Hall–Kier alpha value is -2.61. The van der Waals surface area contributed by atoms with Crippen molar-refractivity contribution in [3.63, 3.8) is 0 Å². The Morgan fingerprint density at radius 1 is 1.32 bits per heavy atom. The molecule has 1 fully saturated rings. The molecule has 3 rings (SSSR count). The third kappa shape index (κ3) is 4.44. The monoisotopic (exact) mass is 390 g/mol. The fourth-order valence-corrected chi connectivity index (χ4v) is 3.75. The fraction of sp³-hybridized carbons (Fsp3) is 0.550. The topological polar surface area (TPSA) is 105 Å². The van der Waals surface area contributed by atoms with Crippen LogP contribution in [-0.4, -0.2) is 59.7 Å². The van der Waals surface area contributed by atoms with E-state index >= 15 is 0 Å². The summed E-state index contributed by atoms with van der Waals surface area (Å²) >= 11 is 0. The largest absolute Gasteiger partial charge is 0.490 e. The molecule has 1 aromatic rings. The predicted octanol–water partition coefficient (Wildman–Crippen LogP) is 2.28. The number of anilines is 1. The first-order valence-corrected chi connectivity index (χ1v) is 9.60. The van der Waals surface area contributed by atoms with Crippen LogP contribution in [0.15, 0.2) is 18.2 Å². The van der Waals surface area contributed by atoms with Gasteiger partial charge in [0.25, 0.3) is 5.91 Å². The number of nitrogens with one attached hydrogen (secondary N) is 1. The van der Waals surface area contributed by atoms with E-state index in [-0.39, 0.29) is 43.1 Å². The Bertz CT molecular complexity index is 765. The molecule has 1 aromatic carbocycles. The summed E-state index contributed by atoms with van der Waals surface area (Å²) in [5, 5.41) is 11.8. The number of carbonyl (C=O) groups is 3. The zero-order valence-electron chi connectivity index (χ0n) is 16.1. The molecule has 2 aliphatic rings. The minimum atomic E-state index is -0.900. The smallest absolute Gasteiger partial charge is 0.305 e. The molecular weight excluding hydrogens is 364 g/mol. The lowest BCUT2D eigenvalue weighted by Crippen LogP contribution is -2.53. The van der Waals surface area contributed by atoms with Crippen LogP contribution in [0.2, 0.25) is 0 Å². The quantitative estimate of drug-likeness (QED) is 0.799. The highest BCUT2D eigenvalue weighted by molar-refractivity contribution is 5.99. The SMILES string of the molecule is CCCC(=O)Nc1ccc2c(c1)C(=O)N(C)[C@H]1CC[C@@H](CC(=O)O)O[C@H]1CO2. The highest BCUT2D eigenvalue weighted by Crippen LogP contribution is 2.32. The second-order valence-corrected chi connectivity index (χ2v) is 7.28. The zero-order chi connectivity index (χ0) is 20.3. The van der Waals surface area contributed by atoms with E-state index in [1.807, 2.05) is 6.92 Å². The van der Waals surface area contributed by atoms with Crippen molar-refractivity contribution in [2.75, 3.05) is 19.0 Å². The lowest BCUT2D eigenvalue weighted by atomic mass is 9.94. The molecule has 2 heterocycles. The third-order valence-corrected chi connectivity index (χ3v) is 5.17. The van der Waals surface area contributed by atoms with Crippen LogP contribution < -0.4 is 10.1 Å². The summed E-state index contributed by atoms with van der Waals surface area (Å²) in [6, 6.07) is 4.82. The second kappa shape index (κ2) is 8.60. The lowest BCUT2D eigenvalue weighted by molar-refractivity contribution is -0.148. The summed E-state index contributed by atoms with van der Waals surface area (Å²) in [5.41, 5.74) is 0.948. The van der Waals surface area contributed by atoms with E-state index in [1.165, 1.54) is 0 Å². The lowest BCUT2D eigenvalue weighted by Gasteiger charge is -2.42. The average molecular weight is 390 g/mol. The average Bonchev–Trinajstić information content (AvgIpc) is 2.65. The molecule has 0 spiro atoms. The van der Waals surface area contributed by atoms with Crippen LogP contribution >= 0.6 is 0 Å². The number of carbonyl (C=O) groups excluding carboxylic acids is 2. The minimum Gasteiger partial charge on any atom is -0.490 e. The Morgan fingerprint density at radius 3 is 2.82 bits per heavy atom. The van der Waals surface area contributed by atoms with E-state index in [0.717, 1.165) is 6.42 Å². The van der Waals surface area contributed by atoms with Gasteiger partial charge in [-0.1, -0.05) is 6.92 Å². The van der Waals surface area contributed by atoms with E-state index in [2.05, 4.69) is 5.32 Å². The summed E-state index contributed by atoms with van der Waals surface area (Å²) < 4.78 is 11.8. The van der Waals surface area contributed by atoms with E-state index in [4.69, 9.17) is 14.6 Å². The highest BCUT2D eigenvalue weighted by atomic mass is 16.5. The van der Waals surface area contributed by atoms with Crippen molar-refractivity contribution >= 4 is 23.5 Å². The van der Waals surface area contributed by atoms with Gasteiger partial charge in [-0.05, 0) is 37.5 Å². The molecule has 3 atom stereocenters. The number of hydrogen-bond donors (Lipinski definition) is 2. The van der Waals surface area contributed by atoms with Gasteiger partial charge in [0.05, 0.1) is 24.1 Å². The number of benzene rings is 1. The zero-order valence-corrected chi connectivity index (χ0v) is 16.1. The number of carboxylic acids is 1. The Kier molecular flexibility index (Phi) is 6.18. The Balaban J connectivity index is 1.80. The molecule has 28 heavy (non-hydrogen) atoms. The summed E-state index contributed by atoms with van der Waals surface area (Å²) in [6.45, 7) is 2.16.